The maximum Gasteiger partial charge on any atom is 0.223 e. The first-order valence-corrected chi connectivity index (χ1v) is 7.12. The van der Waals surface area contributed by atoms with Gasteiger partial charge in [0.15, 0.2) is 0 Å². The van der Waals surface area contributed by atoms with Gasteiger partial charge < -0.3 is 9.32 Å². The van der Waals surface area contributed by atoms with Crippen molar-refractivity contribution < 1.29 is 9.21 Å². The van der Waals surface area contributed by atoms with Gasteiger partial charge in [-0.15, -0.1) is 0 Å². The van der Waals surface area contributed by atoms with Gasteiger partial charge in [0.1, 0.15) is 5.76 Å². The molecule has 0 aliphatic rings. The lowest BCUT2D eigenvalue weighted by Crippen LogP contribution is -2.30. The van der Waals surface area contributed by atoms with E-state index in [1.54, 1.807) is 6.26 Å². The number of amides is 1. The highest BCUT2D eigenvalue weighted by Gasteiger charge is 2.14. The van der Waals surface area contributed by atoms with Gasteiger partial charge in [0.2, 0.25) is 5.91 Å². The predicted molar refractivity (Wildman–Crippen MR) is 79.6 cm³/mol. The maximum absolute atomic E-state index is 12.2. The van der Waals surface area contributed by atoms with Crippen LogP contribution >= 0.6 is 11.6 Å². The molecule has 1 aromatic carbocycles. The van der Waals surface area contributed by atoms with Gasteiger partial charge in [0.25, 0.3) is 0 Å². The van der Waals surface area contributed by atoms with E-state index in [1.807, 2.05) is 48.2 Å². The van der Waals surface area contributed by atoms with E-state index in [2.05, 4.69) is 0 Å². The highest BCUT2D eigenvalue weighted by Crippen LogP contribution is 2.17. The van der Waals surface area contributed by atoms with E-state index >= 15 is 0 Å². The van der Waals surface area contributed by atoms with E-state index in [0.29, 0.717) is 31.0 Å². The number of hydrogen-bond donors (Lipinski definition) is 0. The quantitative estimate of drug-likeness (QED) is 0.808. The molecule has 1 heterocycles. The molecule has 1 amide bonds. The third-order valence-electron chi connectivity index (χ3n) is 3.22. The molecule has 0 aliphatic heterocycles. The highest BCUT2D eigenvalue weighted by atomic mass is 35.5. The van der Waals surface area contributed by atoms with E-state index < -0.39 is 0 Å². The molecule has 2 aromatic rings. The fourth-order valence-electron chi connectivity index (χ4n) is 2.05. The van der Waals surface area contributed by atoms with Crippen molar-refractivity contribution in [3.8, 4) is 0 Å². The van der Waals surface area contributed by atoms with Crippen LogP contribution in [-0.2, 0) is 17.8 Å². The van der Waals surface area contributed by atoms with Gasteiger partial charge in [-0.25, -0.2) is 0 Å². The van der Waals surface area contributed by atoms with Crippen molar-refractivity contribution in [1.29, 1.82) is 0 Å². The van der Waals surface area contributed by atoms with Crippen LogP contribution in [0.1, 0.15) is 24.7 Å². The smallest absolute Gasteiger partial charge is 0.223 e. The molecular weight excluding hydrogens is 274 g/mol. The first-order chi connectivity index (χ1) is 9.70. The van der Waals surface area contributed by atoms with Crippen LogP contribution in [0.25, 0.3) is 0 Å². The summed E-state index contributed by atoms with van der Waals surface area (Å²) < 4.78 is 5.24. The van der Waals surface area contributed by atoms with E-state index in [-0.39, 0.29) is 5.91 Å². The molecule has 0 unspecified atom stereocenters. The highest BCUT2D eigenvalue weighted by molar-refractivity contribution is 6.31. The molecule has 0 fully saturated rings. The molecule has 0 saturated carbocycles. The summed E-state index contributed by atoms with van der Waals surface area (Å²) in [6.45, 7) is 3.19. The topological polar surface area (TPSA) is 33.5 Å². The van der Waals surface area contributed by atoms with Gasteiger partial charge in [-0.1, -0.05) is 29.8 Å². The van der Waals surface area contributed by atoms with Crippen molar-refractivity contribution in [2.75, 3.05) is 6.54 Å². The summed E-state index contributed by atoms with van der Waals surface area (Å²) in [6, 6.07) is 11.3. The van der Waals surface area contributed by atoms with Crippen LogP contribution in [0.2, 0.25) is 5.02 Å². The third-order valence-corrected chi connectivity index (χ3v) is 3.59. The molecule has 0 atom stereocenters. The lowest BCUT2D eigenvalue weighted by Gasteiger charge is -2.21. The molecule has 0 saturated heterocycles. The Morgan fingerprint density at radius 3 is 2.70 bits per heavy atom. The number of aryl methyl sites for hydroxylation is 1. The molecule has 0 spiro atoms. The minimum absolute atomic E-state index is 0.115. The van der Waals surface area contributed by atoms with Crippen LogP contribution in [0.4, 0.5) is 0 Å². The Morgan fingerprint density at radius 1 is 1.25 bits per heavy atom. The molecule has 0 radical (unpaired) electrons. The minimum Gasteiger partial charge on any atom is -0.469 e. The SMILES string of the molecule is CCN(Cc1ccccc1Cl)C(=O)CCc1ccco1. The molecule has 106 valence electrons. The average molecular weight is 292 g/mol. The second kappa shape index (κ2) is 7.15. The zero-order valence-electron chi connectivity index (χ0n) is 11.5. The van der Waals surface area contributed by atoms with Crippen LogP contribution in [0.5, 0.6) is 0 Å². The molecule has 1 aromatic heterocycles. The number of benzene rings is 1. The monoisotopic (exact) mass is 291 g/mol. The number of halogens is 1. The van der Waals surface area contributed by atoms with Crippen molar-refractivity contribution in [2.24, 2.45) is 0 Å². The van der Waals surface area contributed by atoms with Crippen LogP contribution in [0, 0.1) is 0 Å². The van der Waals surface area contributed by atoms with E-state index in [9.17, 15) is 4.79 Å². The van der Waals surface area contributed by atoms with Gasteiger partial charge in [-0.3, -0.25) is 4.79 Å². The molecule has 2 rings (SSSR count). The standard InChI is InChI=1S/C16H18ClNO2/c1-2-18(12-13-6-3-4-8-15(13)17)16(19)10-9-14-7-5-11-20-14/h3-8,11H,2,9-10,12H2,1H3. The van der Waals surface area contributed by atoms with Crippen LogP contribution < -0.4 is 0 Å². The lowest BCUT2D eigenvalue weighted by atomic mass is 10.2. The lowest BCUT2D eigenvalue weighted by molar-refractivity contribution is -0.131. The van der Waals surface area contributed by atoms with Crippen LogP contribution in [0.15, 0.2) is 47.1 Å². The molecular formula is C16H18ClNO2. The van der Waals surface area contributed by atoms with E-state index in [1.165, 1.54) is 0 Å². The Bertz CT molecular complexity index is 551. The Balaban J connectivity index is 1.94. The summed E-state index contributed by atoms with van der Waals surface area (Å²) in [4.78, 5) is 14.0. The van der Waals surface area contributed by atoms with Gasteiger partial charge in [-0.05, 0) is 30.7 Å². The third kappa shape index (κ3) is 3.87. The number of carbonyl (C=O) groups excluding carboxylic acids is 1. The zero-order chi connectivity index (χ0) is 14.4. The fraction of sp³-hybridized carbons (Fsp3) is 0.312. The van der Waals surface area contributed by atoms with Gasteiger partial charge in [-0.2, -0.15) is 0 Å². The van der Waals surface area contributed by atoms with Crippen molar-refractivity contribution in [3.05, 3.63) is 59.0 Å². The van der Waals surface area contributed by atoms with Crippen molar-refractivity contribution in [1.82, 2.24) is 4.90 Å². The molecule has 0 aliphatic carbocycles. The Labute approximate surface area is 124 Å². The number of nitrogens with zero attached hydrogens (tertiary/aromatic N) is 1. The summed E-state index contributed by atoms with van der Waals surface area (Å²) in [7, 11) is 0. The molecule has 20 heavy (non-hydrogen) atoms. The molecule has 4 heteroatoms. The normalized spacial score (nSPS) is 10.5. The summed E-state index contributed by atoms with van der Waals surface area (Å²) in [5.74, 6) is 0.955. The fourth-order valence-corrected chi connectivity index (χ4v) is 2.25. The molecule has 0 N–H and O–H groups in total. The second-order valence-electron chi connectivity index (χ2n) is 4.58. The Morgan fingerprint density at radius 2 is 2.05 bits per heavy atom. The number of rotatable bonds is 6. The summed E-state index contributed by atoms with van der Waals surface area (Å²) in [5.41, 5.74) is 0.974. The van der Waals surface area contributed by atoms with Gasteiger partial charge in [0.05, 0.1) is 6.26 Å². The largest absolute Gasteiger partial charge is 0.469 e. The predicted octanol–water partition coefficient (Wildman–Crippen LogP) is 3.91. The Kier molecular flexibility index (Phi) is 5.24. The summed E-state index contributed by atoms with van der Waals surface area (Å²) in [6.07, 6.45) is 2.71. The van der Waals surface area contributed by atoms with E-state index in [4.69, 9.17) is 16.0 Å². The van der Waals surface area contributed by atoms with Crippen LogP contribution in [0.3, 0.4) is 0 Å². The van der Waals surface area contributed by atoms with Crippen molar-refractivity contribution in [2.45, 2.75) is 26.3 Å². The minimum atomic E-state index is 0.115. The summed E-state index contributed by atoms with van der Waals surface area (Å²) >= 11 is 6.14. The summed E-state index contributed by atoms with van der Waals surface area (Å²) in [5, 5.41) is 0.699. The second-order valence-corrected chi connectivity index (χ2v) is 4.99. The first kappa shape index (κ1) is 14.7. The van der Waals surface area contributed by atoms with Crippen molar-refractivity contribution in [3.63, 3.8) is 0 Å². The number of furan rings is 1. The Hall–Kier alpha value is -1.74. The number of carbonyl (C=O) groups is 1. The maximum atomic E-state index is 12.2. The van der Waals surface area contributed by atoms with Gasteiger partial charge in [0, 0.05) is 31.0 Å². The molecule has 0 bridgehead atoms. The zero-order valence-corrected chi connectivity index (χ0v) is 12.3. The molecule has 3 nitrogen and oxygen atoms in total. The van der Waals surface area contributed by atoms with Crippen LogP contribution in [-0.4, -0.2) is 17.4 Å². The number of hydrogen-bond acceptors (Lipinski definition) is 2. The first-order valence-electron chi connectivity index (χ1n) is 6.74. The average Bonchev–Trinajstić information content (AvgIpc) is 2.97. The van der Waals surface area contributed by atoms with E-state index in [0.717, 1.165) is 11.3 Å². The van der Waals surface area contributed by atoms with Gasteiger partial charge >= 0.3 is 0 Å². The van der Waals surface area contributed by atoms with Crippen molar-refractivity contribution >= 4 is 17.5 Å².